The highest BCUT2D eigenvalue weighted by Crippen LogP contribution is 2.30. The quantitative estimate of drug-likeness (QED) is 0.781. The molecule has 1 aliphatic rings. The maximum absolute atomic E-state index is 13.3. The Kier molecular flexibility index (Phi) is 6.49. The van der Waals surface area contributed by atoms with Gasteiger partial charge in [0.15, 0.2) is 0 Å². The predicted octanol–water partition coefficient (Wildman–Crippen LogP) is 4.03. The topological polar surface area (TPSA) is 83.0 Å². The minimum atomic E-state index is -4.66. The number of carbonyl (C=O) groups excluding carboxylic acids is 1. The van der Waals surface area contributed by atoms with Crippen LogP contribution in [0.4, 0.5) is 23.8 Å². The van der Waals surface area contributed by atoms with E-state index in [2.05, 4.69) is 4.98 Å². The van der Waals surface area contributed by atoms with Gasteiger partial charge in [-0.2, -0.15) is 13.2 Å². The average Bonchev–Trinajstić information content (AvgIpc) is 2.70. The number of carbonyl (C=O) groups is 2. The summed E-state index contributed by atoms with van der Waals surface area (Å²) in [5.41, 5.74) is -0.491. The van der Waals surface area contributed by atoms with Crippen molar-refractivity contribution in [3.63, 3.8) is 0 Å². The van der Waals surface area contributed by atoms with E-state index in [0.717, 1.165) is 11.0 Å². The number of aromatic nitrogens is 1. The Labute approximate surface area is 177 Å². The second-order valence-corrected chi connectivity index (χ2v) is 7.41. The molecule has 1 aromatic heterocycles. The van der Waals surface area contributed by atoms with Gasteiger partial charge in [-0.15, -0.1) is 0 Å². The van der Waals surface area contributed by atoms with Gasteiger partial charge in [0.25, 0.3) is 0 Å². The molecule has 1 N–H and O–H groups in total. The molecule has 2 atom stereocenters. The van der Waals surface area contributed by atoms with Crippen LogP contribution >= 0.6 is 0 Å². The van der Waals surface area contributed by atoms with Crippen molar-refractivity contribution in [3.05, 3.63) is 59.3 Å². The van der Waals surface area contributed by atoms with Gasteiger partial charge in [-0.25, -0.2) is 14.6 Å². The number of carboxylic acids is 1. The fourth-order valence-corrected chi connectivity index (χ4v) is 3.42. The minimum absolute atomic E-state index is 0.0645. The number of hydrogen-bond acceptors (Lipinski definition) is 4. The first kappa shape index (κ1) is 22.5. The van der Waals surface area contributed by atoms with E-state index in [-0.39, 0.29) is 43.2 Å². The first-order chi connectivity index (χ1) is 14.5. The molecule has 7 nitrogen and oxygen atoms in total. The van der Waals surface area contributed by atoms with Gasteiger partial charge < -0.3 is 14.7 Å². The summed E-state index contributed by atoms with van der Waals surface area (Å²) in [5.74, 6) is -1.25. The van der Waals surface area contributed by atoms with Gasteiger partial charge in [0.2, 0.25) is 0 Å². The lowest BCUT2D eigenvalue weighted by Gasteiger charge is -2.38. The van der Waals surface area contributed by atoms with Gasteiger partial charge in [-0.05, 0) is 43.7 Å². The molecule has 2 unspecified atom stereocenters. The number of nitrogens with zero attached hydrogens (tertiary/aromatic N) is 3. The van der Waals surface area contributed by atoms with Gasteiger partial charge in [-0.3, -0.25) is 4.90 Å². The Morgan fingerprint density at radius 1 is 1.13 bits per heavy atom. The van der Waals surface area contributed by atoms with Crippen molar-refractivity contribution in [2.45, 2.75) is 38.8 Å². The van der Waals surface area contributed by atoms with E-state index >= 15 is 0 Å². The lowest BCUT2D eigenvalue weighted by molar-refractivity contribution is -0.141. The normalized spacial score (nSPS) is 19.2. The molecule has 0 radical (unpaired) electrons. The number of rotatable bonds is 4. The molecular weight excluding hydrogens is 415 g/mol. The number of pyridine rings is 1. The Morgan fingerprint density at radius 3 is 2.29 bits per heavy atom. The second kappa shape index (κ2) is 8.93. The largest absolute Gasteiger partial charge is 0.478 e. The molecule has 3 rings (SSSR count). The molecule has 0 aliphatic carbocycles. The third-order valence-electron chi connectivity index (χ3n) is 4.76. The summed E-state index contributed by atoms with van der Waals surface area (Å²) >= 11 is 0. The van der Waals surface area contributed by atoms with Crippen LogP contribution in [0.25, 0.3) is 0 Å². The first-order valence-electron chi connectivity index (χ1n) is 9.63. The van der Waals surface area contributed by atoms with Crippen LogP contribution in [-0.2, 0) is 17.5 Å². The van der Waals surface area contributed by atoms with Crippen molar-refractivity contribution in [1.29, 1.82) is 0 Å². The lowest BCUT2D eigenvalue weighted by Crippen LogP contribution is -2.53. The smallest absolute Gasteiger partial charge is 0.433 e. The van der Waals surface area contributed by atoms with E-state index in [1.54, 1.807) is 0 Å². The van der Waals surface area contributed by atoms with Crippen molar-refractivity contribution in [3.8, 4) is 0 Å². The summed E-state index contributed by atoms with van der Waals surface area (Å²) in [6.07, 6.45) is -5.10. The fraction of sp³-hybridized carbons (Fsp3) is 0.381. The maximum Gasteiger partial charge on any atom is 0.433 e. The predicted molar refractivity (Wildman–Crippen MR) is 106 cm³/mol. The van der Waals surface area contributed by atoms with E-state index in [1.165, 1.54) is 41.3 Å². The van der Waals surface area contributed by atoms with Gasteiger partial charge in [0, 0.05) is 13.1 Å². The van der Waals surface area contributed by atoms with Crippen LogP contribution in [0.3, 0.4) is 0 Å². The Morgan fingerprint density at radius 2 is 1.74 bits per heavy atom. The van der Waals surface area contributed by atoms with Crippen LogP contribution in [0.5, 0.6) is 0 Å². The van der Waals surface area contributed by atoms with Crippen LogP contribution < -0.4 is 4.90 Å². The highest BCUT2D eigenvalue weighted by atomic mass is 19.4. The summed E-state index contributed by atoms with van der Waals surface area (Å²) < 4.78 is 45.2. The first-order valence-corrected chi connectivity index (χ1v) is 9.63. The number of hydrogen-bond donors (Lipinski definition) is 1. The van der Waals surface area contributed by atoms with Gasteiger partial charge in [-0.1, -0.05) is 18.2 Å². The zero-order valence-corrected chi connectivity index (χ0v) is 17.0. The molecule has 166 valence electrons. The average molecular weight is 437 g/mol. The highest BCUT2D eigenvalue weighted by Gasteiger charge is 2.35. The Bertz CT molecular complexity index is 940. The Hall–Kier alpha value is -3.14. The van der Waals surface area contributed by atoms with E-state index in [1.807, 2.05) is 13.8 Å². The monoisotopic (exact) mass is 437 g/mol. The summed E-state index contributed by atoms with van der Waals surface area (Å²) in [4.78, 5) is 30.7. The molecule has 1 fully saturated rings. The standard InChI is InChI=1S/C21H22F3N3O4/c1-13-10-26(11-14(2)31-13)20(30)27(12-15-6-8-16(9-7-15)19(28)29)18-5-3-4-17(25-18)21(22,23)24/h3-9,13-14H,10-12H2,1-2H3,(H,28,29). The number of alkyl halides is 3. The molecule has 2 aromatic rings. The molecule has 2 heterocycles. The minimum Gasteiger partial charge on any atom is -0.478 e. The molecule has 1 aliphatic heterocycles. The number of urea groups is 1. The van der Waals surface area contributed by atoms with Crippen LogP contribution in [0.15, 0.2) is 42.5 Å². The maximum atomic E-state index is 13.3. The molecule has 1 aromatic carbocycles. The van der Waals surface area contributed by atoms with Crippen molar-refractivity contribution >= 4 is 17.8 Å². The van der Waals surface area contributed by atoms with Gasteiger partial charge in [0.1, 0.15) is 11.5 Å². The van der Waals surface area contributed by atoms with Crippen LogP contribution in [0, 0.1) is 0 Å². The summed E-state index contributed by atoms with van der Waals surface area (Å²) in [6, 6.07) is 8.65. The van der Waals surface area contributed by atoms with E-state index in [9.17, 15) is 22.8 Å². The van der Waals surface area contributed by atoms with Crippen LogP contribution in [0.1, 0.15) is 35.5 Å². The zero-order chi connectivity index (χ0) is 22.8. The Balaban J connectivity index is 1.95. The molecule has 0 saturated carbocycles. The van der Waals surface area contributed by atoms with Gasteiger partial charge >= 0.3 is 18.2 Å². The fourth-order valence-electron chi connectivity index (χ4n) is 3.42. The number of amides is 2. The third-order valence-corrected chi connectivity index (χ3v) is 4.76. The van der Waals surface area contributed by atoms with E-state index in [0.29, 0.717) is 5.56 Å². The number of aromatic carboxylic acids is 1. The molecule has 2 amide bonds. The molecule has 1 saturated heterocycles. The number of morpholine rings is 1. The lowest BCUT2D eigenvalue weighted by atomic mass is 10.1. The SMILES string of the molecule is CC1CN(C(=O)N(Cc2ccc(C(=O)O)cc2)c2cccc(C(F)(F)F)n2)CC(C)O1. The molecule has 10 heteroatoms. The van der Waals surface area contributed by atoms with Crippen molar-refractivity contribution < 1.29 is 32.6 Å². The molecule has 0 bridgehead atoms. The summed E-state index contributed by atoms with van der Waals surface area (Å²) in [5, 5.41) is 9.05. The van der Waals surface area contributed by atoms with Crippen LogP contribution in [0.2, 0.25) is 0 Å². The summed E-state index contributed by atoms with van der Waals surface area (Å²) in [7, 11) is 0. The number of carboxylic acid groups (broad SMARTS) is 1. The molecule has 31 heavy (non-hydrogen) atoms. The van der Waals surface area contributed by atoms with Crippen LogP contribution in [-0.4, -0.2) is 52.3 Å². The van der Waals surface area contributed by atoms with Crippen molar-refractivity contribution in [1.82, 2.24) is 9.88 Å². The number of ether oxygens (including phenoxy) is 1. The second-order valence-electron chi connectivity index (χ2n) is 7.41. The summed E-state index contributed by atoms with van der Waals surface area (Å²) in [6.45, 7) is 4.13. The van der Waals surface area contributed by atoms with Gasteiger partial charge in [0.05, 0.1) is 24.3 Å². The molecular formula is C21H22F3N3O4. The van der Waals surface area contributed by atoms with Crippen molar-refractivity contribution in [2.24, 2.45) is 0 Å². The number of anilines is 1. The number of halogens is 3. The number of benzene rings is 1. The third kappa shape index (κ3) is 5.52. The zero-order valence-electron chi connectivity index (χ0n) is 17.0. The highest BCUT2D eigenvalue weighted by molar-refractivity contribution is 5.91. The van der Waals surface area contributed by atoms with E-state index in [4.69, 9.17) is 9.84 Å². The van der Waals surface area contributed by atoms with E-state index < -0.39 is 23.9 Å². The molecule has 0 spiro atoms. The van der Waals surface area contributed by atoms with Crippen molar-refractivity contribution in [2.75, 3.05) is 18.0 Å².